The van der Waals surface area contributed by atoms with Gasteiger partial charge in [-0.05, 0) is 32.5 Å². The molecule has 2 aromatic rings. The van der Waals surface area contributed by atoms with Gasteiger partial charge in [0.05, 0.1) is 18.3 Å². The molecular formula is C21H30N4O. The van der Waals surface area contributed by atoms with Crippen LogP contribution in [0.4, 0.5) is 0 Å². The fraction of sp³-hybridized carbons (Fsp3) is 0.524. The van der Waals surface area contributed by atoms with E-state index in [4.69, 9.17) is 0 Å². The average molecular weight is 354 g/mol. The second kappa shape index (κ2) is 8.49. The molecule has 0 aliphatic heterocycles. The second-order valence-corrected chi connectivity index (χ2v) is 7.63. The number of hydrogen-bond donors (Lipinski definition) is 1. The van der Waals surface area contributed by atoms with E-state index in [1.807, 2.05) is 29.1 Å². The van der Waals surface area contributed by atoms with Gasteiger partial charge in [0.1, 0.15) is 0 Å². The minimum absolute atomic E-state index is 0.0326. The lowest BCUT2D eigenvalue weighted by Gasteiger charge is -2.39. The Morgan fingerprint density at radius 1 is 1.15 bits per heavy atom. The van der Waals surface area contributed by atoms with Gasteiger partial charge in [-0.25, -0.2) is 0 Å². The monoisotopic (exact) mass is 354 g/mol. The first kappa shape index (κ1) is 18.6. The first-order valence-corrected chi connectivity index (χ1v) is 9.61. The number of hydrogen-bond acceptors (Lipinski definition) is 3. The lowest BCUT2D eigenvalue weighted by atomic mass is 9.88. The highest BCUT2D eigenvalue weighted by atomic mass is 16.1. The number of nitrogens with one attached hydrogen (secondary N) is 1. The molecule has 1 fully saturated rings. The highest BCUT2D eigenvalue weighted by Crippen LogP contribution is 2.30. The van der Waals surface area contributed by atoms with Crippen molar-refractivity contribution in [2.75, 3.05) is 20.6 Å². The molecule has 1 aliphatic carbocycles. The van der Waals surface area contributed by atoms with Crippen molar-refractivity contribution in [3.8, 4) is 0 Å². The van der Waals surface area contributed by atoms with Gasteiger partial charge in [-0.1, -0.05) is 56.0 Å². The van der Waals surface area contributed by atoms with Crippen molar-refractivity contribution >= 4 is 5.91 Å². The van der Waals surface area contributed by atoms with Gasteiger partial charge in [-0.3, -0.25) is 9.48 Å². The van der Waals surface area contributed by atoms with Crippen LogP contribution in [-0.4, -0.2) is 46.8 Å². The molecule has 5 nitrogen and oxygen atoms in total. The van der Waals surface area contributed by atoms with Crippen LogP contribution in [-0.2, 0) is 6.54 Å². The molecule has 26 heavy (non-hydrogen) atoms. The maximum absolute atomic E-state index is 12.6. The molecule has 0 atom stereocenters. The van der Waals surface area contributed by atoms with Gasteiger partial charge in [-0.15, -0.1) is 0 Å². The van der Waals surface area contributed by atoms with Crippen LogP contribution in [0.3, 0.4) is 0 Å². The van der Waals surface area contributed by atoms with Crippen molar-refractivity contribution in [3.05, 3.63) is 53.9 Å². The zero-order valence-corrected chi connectivity index (χ0v) is 15.9. The Morgan fingerprint density at radius 3 is 2.50 bits per heavy atom. The predicted octanol–water partition coefficient (Wildman–Crippen LogP) is 3.32. The summed E-state index contributed by atoms with van der Waals surface area (Å²) >= 11 is 0. The Bertz CT molecular complexity index is 700. The van der Waals surface area contributed by atoms with Crippen molar-refractivity contribution < 1.29 is 4.79 Å². The Kier molecular flexibility index (Phi) is 6.09. The lowest BCUT2D eigenvalue weighted by Crippen LogP contribution is -2.52. The fourth-order valence-corrected chi connectivity index (χ4v) is 3.85. The largest absolute Gasteiger partial charge is 0.350 e. The maximum atomic E-state index is 12.6. The summed E-state index contributed by atoms with van der Waals surface area (Å²) in [6, 6.07) is 10.2. The van der Waals surface area contributed by atoms with Crippen molar-refractivity contribution in [1.82, 2.24) is 20.0 Å². The summed E-state index contributed by atoms with van der Waals surface area (Å²) in [5.74, 6) is -0.0326. The van der Waals surface area contributed by atoms with Crippen molar-refractivity contribution in [2.45, 2.75) is 50.6 Å². The van der Waals surface area contributed by atoms with E-state index >= 15 is 0 Å². The molecule has 1 N–H and O–H groups in total. The smallest absolute Gasteiger partial charge is 0.254 e. The number of nitrogens with zero attached hydrogens (tertiary/aromatic N) is 3. The number of benzene rings is 1. The Labute approximate surface area is 156 Å². The SMILES string of the molecule is CN(C)C1(CNC(=O)c2cnn(Cc3ccccc3)c2)CCCCCC1. The normalized spacial score (nSPS) is 17.0. The molecule has 1 aromatic carbocycles. The lowest BCUT2D eigenvalue weighted by molar-refractivity contribution is 0.0869. The Morgan fingerprint density at radius 2 is 1.85 bits per heavy atom. The molecule has 1 amide bonds. The quantitative estimate of drug-likeness (QED) is 0.810. The molecule has 3 rings (SSSR count). The molecule has 0 bridgehead atoms. The van der Waals surface area contributed by atoms with E-state index in [-0.39, 0.29) is 11.4 Å². The molecule has 0 saturated heterocycles. The van der Waals surface area contributed by atoms with E-state index in [9.17, 15) is 4.79 Å². The van der Waals surface area contributed by atoms with Crippen molar-refractivity contribution in [3.63, 3.8) is 0 Å². The van der Waals surface area contributed by atoms with Crippen LogP contribution in [0.25, 0.3) is 0 Å². The third-order valence-electron chi connectivity index (χ3n) is 5.64. The van der Waals surface area contributed by atoms with Gasteiger partial charge in [0.25, 0.3) is 5.91 Å². The molecule has 1 saturated carbocycles. The molecule has 140 valence electrons. The molecular weight excluding hydrogens is 324 g/mol. The topological polar surface area (TPSA) is 50.2 Å². The van der Waals surface area contributed by atoms with Gasteiger partial charge in [0.15, 0.2) is 0 Å². The number of likely N-dealkylation sites (N-methyl/N-ethyl adjacent to an activating group) is 1. The average Bonchev–Trinajstić information content (AvgIpc) is 2.97. The summed E-state index contributed by atoms with van der Waals surface area (Å²) in [5.41, 5.74) is 1.88. The maximum Gasteiger partial charge on any atom is 0.254 e. The van der Waals surface area contributed by atoms with E-state index in [0.29, 0.717) is 18.7 Å². The number of carbonyl (C=O) groups excluding carboxylic acids is 1. The van der Waals surface area contributed by atoms with Crippen LogP contribution in [0, 0.1) is 0 Å². The van der Waals surface area contributed by atoms with E-state index < -0.39 is 0 Å². The number of carbonyl (C=O) groups is 1. The zero-order valence-electron chi connectivity index (χ0n) is 15.9. The zero-order chi connectivity index (χ0) is 18.4. The van der Waals surface area contributed by atoms with E-state index in [1.54, 1.807) is 6.20 Å². The fourth-order valence-electron chi connectivity index (χ4n) is 3.85. The predicted molar refractivity (Wildman–Crippen MR) is 104 cm³/mol. The van der Waals surface area contributed by atoms with Crippen LogP contribution < -0.4 is 5.32 Å². The molecule has 1 heterocycles. The molecule has 0 radical (unpaired) electrons. The molecule has 0 unspecified atom stereocenters. The molecule has 5 heteroatoms. The number of rotatable bonds is 6. The number of aromatic nitrogens is 2. The van der Waals surface area contributed by atoms with Crippen molar-refractivity contribution in [2.24, 2.45) is 0 Å². The molecule has 1 aromatic heterocycles. The summed E-state index contributed by atoms with van der Waals surface area (Å²) < 4.78 is 1.82. The van der Waals surface area contributed by atoms with Crippen LogP contribution >= 0.6 is 0 Å². The summed E-state index contributed by atoms with van der Waals surface area (Å²) in [4.78, 5) is 14.9. The third-order valence-corrected chi connectivity index (χ3v) is 5.64. The van der Waals surface area contributed by atoms with Crippen LogP contribution in [0.15, 0.2) is 42.7 Å². The second-order valence-electron chi connectivity index (χ2n) is 7.63. The van der Waals surface area contributed by atoms with E-state index in [0.717, 1.165) is 12.8 Å². The van der Waals surface area contributed by atoms with Crippen LogP contribution in [0.5, 0.6) is 0 Å². The molecule has 0 spiro atoms. The van der Waals surface area contributed by atoms with Crippen molar-refractivity contribution in [1.29, 1.82) is 0 Å². The Hall–Kier alpha value is -2.14. The minimum atomic E-state index is -0.0326. The highest BCUT2D eigenvalue weighted by Gasteiger charge is 2.33. The summed E-state index contributed by atoms with van der Waals surface area (Å²) in [7, 11) is 4.27. The first-order chi connectivity index (χ1) is 12.6. The van der Waals surface area contributed by atoms with E-state index in [2.05, 4.69) is 41.5 Å². The standard InChI is InChI=1S/C21H30N4O/c1-24(2)21(12-8-3-4-9-13-21)17-22-20(26)19-14-23-25(16-19)15-18-10-6-5-7-11-18/h5-7,10-11,14,16H,3-4,8-9,12-13,15,17H2,1-2H3,(H,22,26). The van der Waals surface area contributed by atoms with Gasteiger partial charge in [0, 0.05) is 18.3 Å². The highest BCUT2D eigenvalue weighted by molar-refractivity contribution is 5.93. The molecule has 1 aliphatic rings. The van der Waals surface area contributed by atoms with E-state index in [1.165, 1.54) is 31.2 Å². The van der Waals surface area contributed by atoms with Gasteiger partial charge < -0.3 is 10.2 Å². The minimum Gasteiger partial charge on any atom is -0.350 e. The summed E-state index contributed by atoms with van der Waals surface area (Å²) in [5, 5.41) is 7.50. The first-order valence-electron chi connectivity index (χ1n) is 9.61. The van der Waals surface area contributed by atoms with Gasteiger partial charge >= 0.3 is 0 Å². The summed E-state index contributed by atoms with van der Waals surface area (Å²) in [6.45, 7) is 1.37. The van der Waals surface area contributed by atoms with Gasteiger partial charge in [-0.2, -0.15) is 5.10 Å². The third kappa shape index (κ3) is 4.52. The Balaban J connectivity index is 1.61. The van der Waals surface area contributed by atoms with Crippen LogP contribution in [0.1, 0.15) is 54.4 Å². The van der Waals surface area contributed by atoms with Crippen LogP contribution in [0.2, 0.25) is 0 Å². The van der Waals surface area contributed by atoms with Gasteiger partial charge in [0.2, 0.25) is 0 Å². The summed E-state index contributed by atoms with van der Waals surface area (Å²) in [6.07, 6.45) is 10.9. The number of amides is 1.